The van der Waals surface area contributed by atoms with Crippen LogP contribution in [0.5, 0.6) is 0 Å². The number of carbonyl (C=O) groups is 2. The summed E-state index contributed by atoms with van der Waals surface area (Å²) in [6, 6.07) is 0. The molecule has 0 aliphatic carbocycles. The Morgan fingerprint density at radius 2 is 1.70 bits per heavy atom. The SMILES string of the molecule is CC(C)CCCC(=O)N(C)CCOCCC(=O)C(C)C. The number of amides is 1. The lowest BCUT2D eigenvalue weighted by atomic mass is 10.1. The maximum atomic E-state index is 11.8. The van der Waals surface area contributed by atoms with Gasteiger partial charge in [0.2, 0.25) is 5.91 Å². The average Bonchev–Trinajstić information content (AvgIpc) is 2.36. The predicted octanol–water partition coefficient (Wildman–Crippen LogP) is 2.90. The van der Waals surface area contributed by atoms with Crippen LogP contribution in [0, 0.1) is 11.8 Å². The summed E-state index contributed by atoms with van der Waals surface area (Å²) in [6.45, 7) is 9.67. The third-order valence-electron chi connectivity index (χ3n) is 3.31. The minimum atomic E-state index is 0.0730. The Kier molecular flexibility index (Phi) is 10.3. The molecule has 4 heteroatoms. The molecule has 0 saturated heterocycles. The molecule has 0 bridgehead atoms. The molecule has 118 valence electrons. The van der Waals surface area contributed by atoms with Crippen LogP contribution in [-0.2, 0) is 14.3 Å². The average molecular weight is 285 g/mol. The van der Waals surface area contributed by atoms with E-state index in [1.54, 1.807) is 11.9 Å². The van der Waals surface area contributed by atoms with Gasteiger partial charge in [-0.3, -0.25) is 9.59 Å². The number of ether oxygens (including phenoxy) is 1. The van der Waals surface area contributed by atoms with Crippen molar-refractivity contribution in [3.8, 4) is 0 Å². The molecule has 0 radical (unpaired) electrons. The lowest BCUT2D eigenvalue weighted by Gasteiger charge is -2.17. The van der Waals surface area contributed by atoms with Crippen molar-refractivity contribution in [2.45, 2.75) is 53.4 Å². The van der Waals surface area contributed by atoms with Crippen LogP contribution in [0.25, 0.3) is 0 Å². The van der Waals surface area contributed by atoms with E-state index in [0.29, 0.717) is 38.5 Å². The van der Waals surface area contributed by atoms with Crippen molar-refractivity contribution in [3.05, 3.63) is 0 Å². The van der Waals surface area contributed by atoms with Gasteiger partial charge in [0.25, 0.3) is 0 Å². The second kappa shape index (κ2) is 10.8. The number of carbonyl (C=O) groups excluding carboxylic acids is 2. The second-order valence-electron chi connectivity index (χ2n) is 6.08. The van der Waals surface area contributed by atoms with E-state index in [1.165, 1.54) is 0 Å². The lowest BCUT2D eigenvalue weighted by molar-refractivity contribution is -0.131. The molecule has 0 rings (SSSR count). The molecule has 0 aromatic rings. The third-order valence-corrected chi connectivity index (χ3v) is 3.31. The number of ketones is 1. The number of hydrogen-bond donors (Lipinski definition) is 0. The quantitative estimate of drug-likeness (QED) is 0.548. The highest BCUT2D eigenvalue weighted by atomic mass is 16.5. The highest BCUT2D eigenvalue weighted by Crippen LogP contribution is 2.07. The zero-order valence-electron chi connectivity index (χ0n) is 13.8. The van der Waals surface area contributed by atoms with Crippen molar-refractivity contribution in [2.24, 2.45) is 11.8 Å². The zero-order valence-corrected chi connectivity index (χ0v) is 13.8. The molecule has 0 saturated carbocycles. The third kappa shape index (κ3) is 9.96. The van der Waals surface area contributed by atoms with Crippen LogP contribution in [0.15, 0.2) is 0 Å². The summed E-state index contributed by atoms with van der Waals surface area (Å²) in [6.07, 6.45) is 3.11. The van der Waals surface area contributed by atoms with Crippen molar-refractivity contribution in [3.63, 3.8) is 0 Å². The van der Waals surface area contributed by atoms with Crippen molar-refractivity contribution in [1.29, 1.82) is 0 Å². The van der Waals surface area contributed by atoms with Crippen molar-refractivity contribution >= 4 is 11.7 Å². The van der Waals surface area contributed by atoms with Crippen molar-refractivity contribution in [1.82, 2.24) is 4.90 Å². The first-order valence-electron chi connectivity index (χ1n) is 7.69. The summed E-state index contributed by atoms with van der Waals surface area (Å²) in [5, 5.41) is 0. The van der Waals surface area contributed by atoms with Gasteiger partial charge in [-0.25, -0.2) is 0 Å². The molecule has 4 nitrogen and oxygen atoms in total. The second-order valence-corrected chi connectivity index (χ2v) is 6.08. The highest BCUT2D eigenvalue weighted by molar-refractivity contribution is 5.80. The van der Waals surface area contributed by atoms with Crippen LogP contribution >= 0.6 is 0 Å². The molecule has 0 aliphatic heterocycles. The van der Waals surface area contributed by atoms with E-state index in [1.807, 2.05) is 13.8 Å². The Bertz CT molecular complexity index is 287. The molecular weight excluding hydrogens is 254 g/mol. The topological polar surface area (TPSA) is 46.6 Å². The summed E-state index contributed by atoms with van der Waals surface area (Å²) < 4.78 is 5.40. The van der Waals surface area contributed by atoms with Crippen LogP contribution in [-0.4, -0.2) is 43.4 Å². The number of rotatable bonds is 11. The van der Waals surface area contributed by atoms with Gasteiger partial charge in [-0.15, -0.1) is 0 Å². The molecule has 0 atom stereocenters. The van der Waals surface area contributed by atoms with Gasteiger partial charge in [-0.05, 0) is 12.3 Å². The van der Waals surface area contributed by atoms with E-state index in [-0.39, 0.29) is 17.6 Å². The molecule has 20 heavy (non-hydrogen) atoms. The Morgan fingerprint density at radius 3 is 2.25 bits per heavy atom. The first-order valence-corrected chi connectivity index (χ1v) is 7.69. The summed E-state index contributed by atoms with van der Waals surface area (Å²) in [5.41, 5.74) is 0. The van der Waals surface area contributed by atoms with Crippen LogP contribution < -0.4 is 0 Å². The van der Waals surface area contributed by atoms with Crippen LogP contribution in [0.4, 0.5) is 0 Å². The fourth-order valence-electron chi connectivity index (χ4n) is 1.74. The maximum absolute atomic E-state index is 11.8. The normalized spacial score (nSPS) is 11.2. The van der Waals surface area contributed by atoms with Crippen LogP contribution in [0.2, 0.25) is 0 Å². The van der Waals surface area contributed by atoms with Gasteiger partial charge >= 0.3 is 0 Å². The Hall–Kier alpha value is -0.900. The lowest BCUT2D eigenvalue weighted by Crippen LogP contribution is -2.30. The Balaban J connectivity index is 3.59. The highest BCUT2D eigenvalue weighted by Gasteiger charge is 2.09. The Labute approximate surface area is 123 Å². The van der Waals surface area contributed by atoms with Crippen molar-refractivity contribution < 1.29 is 14.3 Å². The molecule has 0 fully saturated rings. The van der Waals surface area contributed by atoms with E-state index in [4.69, 9.17) is 4.74 Å². The zero-order chi connectivity index (χ0) is 15.5. The number of Topliss-reactive ketones (excluding diaryl/α,β-unsaturated/α-hetero) is 1. The minimum absolute atomic E-state index is 0.0730. The first-order chi connectivity index (χ1) is 9.34. The fraction of sp³-hybridized carbons (Fsp3) is 0.875. The molecular formula is C16H31NO3. The molecule has 0 N–H and O–H groups in total. The summed E-state index contributed by atoms with van der Waals surface area (Å²) in [5.74, 6) is 1.12. The van der Waals surface area contributed by atoms with Crippen LogP contribution in [0.1, 0.15) is 53.4 Å². The summed E-state index contributed by atoms with van der Waals surface area (Å²) in [4.78, 5) is 24.9. The van der Waals surface area contributed by atoms with Crippen molar-refractivity contribution in [2.75, 3.05) is 26.8 Å². The minimum Gasteiger partial charge on any atom is -0.379 e. The van der Waals surface area contributed by atoms with E-state index in [9.17, 15) is 9.59 Å². The molecule has 0 aromatic carbocycles. The van der Waals surface area contributed by atoms with Gasteiger partial charge in [0.05, 0.1) is 13.2 Å². The molecule has 1 amide bonds. The monoisotopic (exact) mass is 285 g/mol. The number of hydrogen-bond acceptors (Lipinski definition) is 3. The molecule has 0 aliphatic rings. The maximum Gasteiger partial charge on any atom is 0.222 e. The number of likely N-dealkylation sites (N-methyl/N-ethyl adjacent to an activating group) is 1. The van der Waals surface area contributed by atoms with Gasteiger partial charge in [0.15, 0.2) is 0 Å². The first kappa shape index (κ1) is 19.1. The predicted molar refractivity (Wildman–Crippen MR) is 81.6 cm³/mol. The smallest absolute Gasteiger partial charge is 0.222 e. The molecule has 0 spiro atoms. The summed E-state index contributed by atoms with van der Waals surface area (Å²) in [7, 11) is 1.81. The van der Waals surface area contributed by atoms with Gasteiger partial charge in [-0.2, -0.15) is 0 Å². The van der Waals surface area contributed by atoms with Gasteiger partial charge < -0.3 is 9.64 Å². The number of nitrogens with zero attached hydrogens (tertiary/aromatic N) is 1. The van der Waals surface area contributed by atoms with Gasteiger partial charge in [0, 0.05) is 32.4 Å². The van der Waals surface area contributed by atoms with E-state index in [2.05, 4.69) is 13.8 Å². The molecule has 0 heterocycles. The Morgan fingerprint density at radius 1 is 1.05 bits per heavy atom. The van der Waals surface area contributed by atoms with Crippen LogP contribution in [0.3, 0.4) is 0 Å². The van der Waals surface area contributed by atoms with E-state index >= 15 is 0 Å². The van der Waals surface area contributed by atoms with Gasteiger partial charge in [-0.1, -0.05) is 34.1 Å². The van der Waals surface area contributed by atoms with E-state index < -0.39 is 0 Å². The largest absolute Gasteiger partial charge is 0.379 e. The van der Waals surface area contributed by atoms with E-state index in [0.717, 1.165) is 12.8 Å². The molecule has 0 aromatic heterocycles. The fourth-order valence-corrected chi connectivity index (χ4v) is 1.74. The standard InChI is InChI=1S/C16H31NO3/c1-13(2)7-6-8-16(19)17(5)10-12-20-11-9-15(18)14(3)4/h13-14H,6-12H2,1-5H3. The van der Waals surface area contributed by atoms with Gasteiger partial charge in [0.1, 0.15) is 5.78 Å². The molecule has 0 unspecified atom stereocenters. The summed E-state index contributed by atoms with van der Waals surface area (Å²) >= 11 is 0.